The van der Waals surface area contributed by atoms with E-state index in [1.54, 1.807) is 6.07 Å². The number of sulfone groups is 1. The summed E-state index contributed by atoms with van der Waals surface area (Å²) >= 11 is 0. The summed E-state index contributed by atoms with van der Waals surface area (Å²) in [6, 6.07) is 12.6. The highest BCUT2D eigenvalue weighted by Crippen LogP contribution is 2.23. The maximum absolute atomic E-state index is 12.9. The first-order chi connectivity index (χ1) is 13.6. The molecule has 7 nitrogen and oxygen atoms in total. The number of sulfonamides is 1. The van der Waals surface area contributed by atoms with Crippen LogP contribution >= 0.6 is 0 Å². The zero-order valence-electron chi connectivity index (χ0n) is 16.3. The first kappa shape index (κ1) is 21.5. The summed E-state index contributed by atoms with van der Waals surface area (Å²) in [6.45, 7) is 2.38. The number of amides is 1. The Labute approximate surface area is 171 Å². The smallest absolute Gasteiger partial charge is 0.251 e. The van der Waals surface area contributed by atoms with Gasteiger partial charge in [0.15, 0.2) is 9.84 Å². The van der Waals surface area contributed by atoms with Crippen molar-refractivity contribution in [3.8, 4) is 0 Å². The highest BCUT2D eigenvalue weighted by Gasteiger charge is 2.30. The van der Waals surface area contributed by atoms with E-state index in [0.717, 1.165) is 11.8 Å². The standard InChI is InChI=1S/C20H24N2O5S2/c1-15-6-3-4-9-19(15)20(23)21-16-10-12-22(13-11-16)29(26,27)18-8-5-7-17(14-18)28(2,24)25/h3-9,14,16H,10-13H2,1-2H3,(H,21,23). The summed E-state index contributed by atoms with van der Waals surface area (Å²) in [5, 5.41) is 2.98. The van der Waals surface area contributed by atoms with E-state index < -0.39 is 19.9 Å². The van der Waals surface area contributed by atoms with E-state index >= 15 is 0 Å². The third kappa shape index (κ3) is 4.85. The van der Waals surface area contributed by atoms with Gasteiger partial charge in [0, 0.05) is 31.0 Å². The van der Waals surface area contributed by atoms with Gasteiger partial charge in [0.25, 0.3) is 5.91 Å². The minimum atomic E-state index is -3.80. The second-order valence-corrected chi connectivity index (χ2v) is 11.2. The molecule has 156 valence electrons. The van der Waals surface area contributed by atoms with E-state index in [0.29, 0.717) is 18.4 Å². The van der Waals surface area contributed by atoms with Gasteiger partial charge in [-0.3, -0.25) is 4.79 Å². The van der Waals surface area contributed by atoms with Gasteiger partial charge in [0.1, 0.15) is 0 Å². The van der Waals surface area contributed by atoms with E-state index in [-0.39, 0.29) is 34.8 Å². The van der Waals surface area contributed by atoms with Gasteiger partial charge in [-0.15, -0.1) is 0 Å². The summed E-state index contributed by atoms with van der Waals surface area (Å²) in [5.74, 6) is -0.162. The van der Waals surface area contributed by atoms with Crippen molar-refractivity contribution >= 4 is 25.8 Å². The van der Waals surface area contributed by atoms with Crippen LogP contribution in [0.25, 0.3) is 0 Å². The molecule has 1 heterocycles. The number of nitrogens with zero attached hydrogens (tertiary/aromatic N) is 1. The van der Waals surface area contributed by atoms with E-state index in [9.17, 15) is 21.6 Å². The molecule has 2 aromatic rings. The fourth-order valence-electron chi connectivity index (χ4n) is 3.35. The second kappa shape index (κ2) is 8.25. The van der Waals surface area contributed by atoms with Crippen molar-refractivity contribution in [3.05, 3.63) is 59.7 Å². The topological polar surface area (TPSA) is 101 Å². The maximum Gasteiger partial charge on any atom is 0.251 e. The van der Waals surface area contributed by atoms with Gasteiger partial charge in [-0.2, -0.15) is 4.31 Å². The number of hydrogen-bond donors (Lipinski definition) is 1. The van der Waals surface area contributed by atoms with Crippen LogP contribution in [0.5, 0.6) is 0 Å². The number of benzene rings is 2. The minimum Gasteiger partial charge on any atom is -0.349 e. The van der Waals surface area contributed by atoms with E-state index in [2.05, 4.69) is 5.32 Å². The highest BCUT2D eigenvalue weighted by molar-refractivity contribution is 7.91. The summed E-state index contributed by atoms with van der Waals surface area (Å²) in [6.07, 6.45) is 2.02. The fourth-order valence-corrected chi connectivity index (χ4v) is 5.60. The van der Waals surface area contributed by atoms with E-state index in [1.165, 1.54) is 28.6 Å². The van der Waals surface area contributed by atoms with Crippen LogP contribution in [0.15, 0.2) is 58.3 Å². The van der Waals surface area contributed by atoms with Gasteiger partial charge in [-0.1, -0.05) is 24.3 Å². The number of piperidine rings is 1. The molecule has 0 spiro atoms. The molecule has 1 aliphatic rings. The minimum absolute atomic E-state index is 0.0287. The number of carbonyl (C=O) groups is 1. The molecular formula is C20H24N2O5S2. The first-order valence-corrected chi connectivity index (χ1v) is 12.6. The van der Waals surface area contributed by atoms with Crippen molar-refractivity contribution in [1.82, 2.24) is 9.62 Å². The Bertz CT molecular complexity index is 1120. The monoisotopic (exact) mass is 436 g/mol. The Balaban J connectivity index is 1.67. The van der Waals surface area contributed by atoms with Gasteiger partial charge in [0.05, 0.1) is 9.79 Å². The van der Waals surface area contributed by atoms with Crippen LogP contribution in [-0.4, -0.2) is 52.4 Å². The first-order valence-electron chi connectivity index (χ1n) is 9.26. The lowest BCUT2D eigenvalue weighted by Gasteiger charge is -2.31. The number of aryl methyl sites for hydroxylation is 1. The molecule has 29 heavy (non-hydrogen) atoms. The molecule has 1 amide bonds. The Morgan fingerprint density at radius 2 is 1.59 bits per heavy atom. The van der Waals surface area contributed by atoms with Crippen molar-refractivity contribution < 1.29 is 21.6 Å². The molecule has 0 radical (unpaired) electrons. The number of hydrogen-bond acceptors (Lipinski definition) is 5. The van der Waals surface area contributed by atoms with Crippen LogP contribution < -0.4 is 5.32 Å². The van der Waals surface area contributed by atoms with Gasteiger partial charge in [-0.25, -0.2) is 16.8 Å². The Morgan fingerprint density at radius 1 is 0.966 bits per heavy atom. The third-order valence-electron chi connectivity index (χ3n) is 5.05. The van der Waals surface area contributed by atoms with Crippen molar-refractivity contribution in [1.29, 1.82) is 0 Å². The molecule has 0 aliphatic carbocycles. The van der Waals surface area contributed by atoms with Crippen LogP contribution in [0, 0.1) is 6.92 Å². The van der Waals surface area contributed by atoms with Crippen molar-refractivity contribution in [2.24, 2.45) is 0 Å². The third-order valence-corrected chi connectivity index (χ3v) is 8.06. The molecule has 1 fully saturated rings. The molecule has 1 N–H and O–H groups in total. The lowest BCUT2D eigenvalue weighted by molar-refractivity contribution is 0.0923. The van der Waals surface area contributed by atoms with Crippen LogP contribution in [0.3, 0.4) is 0 Å². The molecule has 0 bridgehead atoms. The van der Waals surface area contributed by atoms with Crippen LogP contribution in [-0.2, 0) is 19.9 Å². The van der Waals surface area contributed by atoms with Gasteiger partial charge in [0.2, 0.25) is 10.0 Å². The van der Waals surface area contributed by atoms with Crippen LogP contribution in [0.1, 0.15) is 28.8 Å². The summed E-state index contributed by atoms with van der Waals surface area (Å²) in [5.41, 5.74) is 1.50. The fraction of sp³-hybridized carbons (Fsp3) is 0.350. The van der Waals surface area contributed by atoms with Gasteiger partial charge in [-0.05, 0) is 49.6 Å². The summed E-state index contributed by atoms with van der Waals surface area (Å²) < 4.78 is 50.6. The molecule has 0 saturated carbocycles. The lowest BCUT2D eigenvalue weighted by atomic mass is 10.0. The maximum atomic E-state index is 12.9. The van der Waals surface area contributed by atoms with E-state index in [1.807, 2.05) is 25.1 Å². The molecule has 3 rings (SSSR count). The summed E-state index contributed by atoms with van der Waals surface area (Å²) in [7, 11) is -7.30. The molecule has 1 saturated heterocycles. The van der Waals surface area contributed by atoms with Gasteiger partial charge >= 0.3 is 0 Å². The molecule has 9 heteroatoms. The van der Waals surface area contributed by atoms with Crippen molar-refractivity contribution in [3.63, 3.8) is 0 Å². The largest absolute Gasteiger partial charge is 0.349 e. The molecular weight excluding hydrogens is 412 g/mol. The number of nitrogens with one attached hydrogen (secondary N) is 1. The van der Waals surface area contributed by atoms with E-state index in [4.69, 9.17) is 0 Å². The normalized spacial score (nSPS) is 16.5. The summed E-state index contributed by atoms with van der Waals surface area (Å²) in [4.78, 5) is 12.4. The zero-order valence-corrected chi connectivity index (χ0v) is 18.0. The van der Waals surface area contributed by atoms with Crippen molar-refractivity contribution in [2.75, 3.05) is 19.3 Å². The molecule has 0 unspecified atom stereocenters. The van der Waals surface area contributed by atoms with Crippen molar-refractivity contribution in [2.45, 2.75) is 35.6 Å². The zero-order chi connectivity index (χ0) is 21.2. The Kier molecular flexibility index (Phi) is 6.11. The van der Waals surface area contributed by atoms with Crippen LogP contribution in [0.2, 0.25) is 0 Å². The number of rotatable bonds is 5. The number of carbonyl (C=O) groups excluding carboxylic acids is 1. The average molecular weight is 437 g/mol. The predicted molar refractivity (Wildman–Crippen MR) is 110 cm³/mol. The average Bonchev–Trinajstić information content (AvgIpc) is 2.68. The molecule has 2 aromatic carbocycles. The SMILES string of the molecule is Cc1ccccc1C(=O)NC1CCN(S(=O)(=O)c2cccc(S(C)(=O)=O)c2)CC1. The lowest BCUT2D eigenvalue weighted by Crippen LogP contribution is -2.46. The molecule has 0 atom stereocenters. The molecule has 0 aromatic heterocycles. The molecule has 1 aliphatic heterocycles. The second-order valence-electron chi connectivity index (χ2n) is 7.21. The van der Waals surface area contributed by atoms with Gasteiger partial charge < -0.3 is 5.32 Å². The predicted octanol–water partition coefficient (Wildman–Crippen LogP) is 1.98. The quantitative estimate of drug-likeness (QED) is 0.772. The Morgan fingerprint density at radius 3 is 2.21 bits per heavy atom. The van der Waals surface area contributed by atoms with Crippen LogP contribution in [0.4, 0.5) is 0 Å². The highest BCUT2D eigenvalue weighted by atomic mass is 32.2. The Hall–Kier alpha value is -2.23.